The number of rotatable bonds is 6. The van der Waals surface area contributed by atoms with Gasteiger partial charge in [-0.05, 0) is 48.4 Å². The van der Waals surface area contributed by atoms with Crippen molar-refractivity contribution in [3.05, 3.63) is 64.1 Å². The van der Waals surface area contributed by atoms with Gasteiger partial charge in [-0.1, -0.05) is 35.0 Å². The van der Waals surface area contributed by atoms with E-state index in [4.69, 9.17) is 4.74 Å². The summed E-state index contributed by atoms with van der Waals surface area (Å²) in [5.74, 6) is 0.932. The molecule has 2 aromatic carbocycles. The molecular weight excluding hydrogens is 316 g/mol. The number of hydrogen-bond donors (Lipinski definition) is 0. The van der Waals surface area contributed by atoms with Crippen LogP contribution in [0.5, 0.6) is 5.75 Å². The molecule has 0 atom stereocenters. The molecule has 0 aliphatic carbocycles. The van der Waals surface area contributed by atoms with Crippen LogP contribution in [0.4, 0.5) is 0 Å². The second kappa shape index (κ2) is 7.25. The molecule has 3 heteroatoms. The summed E-state index contributed by atoms with van der Waals surface area (Å²) in [6, 6.07) is 15.2. The van der Waals surface area contributed by atoms with Crippen molar-refractivity contribution in [2.24, 2.45) is 0 Å². The first kappa shape index (κ1) is 14.8. The van der Waals surface area contributed by atoms with Crippen LogP contribution in [0.3, 0.4) is 0 Å². The fourth-order valence-electron chi connectivity index (χ4n) is 1.85. The predicted octanol–water partition coefficient (Wildman–Crippen LogP) is 4.66. The largest absolute Gasteiger partial charge is 0.494 e. The van der Waals surface area contributed by atoms with Crippen molar-refractivity contribution in [1.82, 2.24) is 0 Å². The summed E-state index contributed by atoms with van der Waals surface area (Å²) in [7, 11) is 0. The van der Waals surface area contributed by atoms with Crippen molar-refractivity contribution >= 4 is 21.7 Å². The molecule has 0 bridgehead atoms. The zero-order valence-electron chi connectivity index (χ0n) is 11.4. The zero-order chi connectivity index (χ0) is 14.4. The fourth-order valence-corrected chi connectivity index (χ4v) is 2.11. The molecule has 0 aliphatic rings. The van der Waals surface area contributed by atoms with Gasteiger partial charge in [-0.3, -0.25) is 4.79 Å². The van der Waals surface area contributed by atoms with E-state index in [1.807, 2.05) is 48.5 Å². The number of benzene rings is 2. The van der Waals surface area contributed by atoms with Crippen LogP contribution in [0.15, 0.2) is 53.0 Å². The highest BCUT2D eigenvalue weighted by molar-refractivity contribution is 9.10. The maximum Gasteiger partial charge on any atom is 0.167 e. The van der Waals surface area contributed by atoms with E-state index in [2.05, 4.69) is 22.9 Å². The molecule has 0 radical (unpaired) electrons. The first-order valence-electron chi connectivity index (χ1n) is 6.69. The van der Waals surface area contributed by atoms with Gasteiger partial charge >= 0.3 is 0 Å². The van der Waals surface area contributed by atoms with E-state index in [0.29, 0.717) is 13.0 Å². The van der Waals surface area contributed by atoms with Gasteiger partial charge in [-0.25, -0.2) is 0 Å². The topological polar surface area (TPSA) is 26.3 Å². The third-order valence-corrected chi connectivity index (χ3v) is 3.46. The van der Waals surface area contributed by atoms with E-state index >= 15 is 0 Å². The minimum absolute atomic E-state index is 0.120. The number of hydrogen-bond acceptors (Lipinski definition) is 2. The van der Waals surface area contributed by atoms with Gasteiger partial charge in [0.2, 0.25) is 0 Å². The Bertz CT molecular complexity index is 559. The van der Waals surface area contributed by atoms with Crippen LogP contribution in [-0.4, -0.2) is 12.4 Å². The van der Waals surface area contributed by atoms with E-state index < -0.39 is 0 Å². The van der Waals surface area contributed by atoms with E-state index in [9.17, 15) is 4.79 Å². The average molecular weight is 333 g/mol. The van der Waals surface area contributed by atoms with Crippen molar-refractivity contribution in [2.45, 2.75) is 19.8 Å². The summed E-state index contributed by atoms with van der Waals surface area (Å²) in [5.41, 5.74) is 1.74. The summed E-state index contributed by atoms with van der Waals surface area (Å²) in [6.45, 7) is 2.77. The van der Waals surface area contributed by atoms with E-state index in [1.54, 1.807) is 0 Å². The van der Waals surface area contributed by atoms with Crippen LogP contribution < -0.4 is 4.74 Å². The van der Waals surface area contributed by atoms with Gasteiger partial charge in [0.05, 0.1) is 6.61 Å². The lowest BCUT2D eigenvalue weighted by Crippen LogP contribution is -2.03. The maximum atomic E-state index is 12.2. The van der Waals surface area contributed by atoms with Crippen molar-refractivity contribution in [2.75, 3.05) is 6.61 Å². The molecule has 20 heavy (non-hydrogen) atoms. The van der Waals surface area contributed by atoms with Crippen LogP contribution in [0.2, 0.25) is 0 Å². The first-order chi connectivity index (χ1) is 9.69. The fraction of sp³-hybridized carbons (Fsp3) is 0.235. The van der Waals surface area contributed by atoms with Crippen LogP contribution in [0.1, 0.15) is 29.3 Å². The molecule has 0 spiro atoms. The van der Waals surface area contributed by atoms with E-state index in [0.717, 1.165) is 27.8 Å². The maximum absolute atomic E-state index is 12.2. The Morgan fingerprint density at radius 1 is 1.05 bits per heavy atom. The second-order valence-corrected chi connectivity index (χ2v) is 5.51. The number of carbonyl (C=O) groups is 1. The third-order valence-electron chi connectivity index (χ3n) is 2.93. The van der Waals surface area contributed by atoms with E-state index in [-0.39, 0.29) is 5.78 Å². The molecule has 2 aromatic rings. The van der Waals surface area contributed by atoms with Crippen LogP contribution in [0, 0.1) is 0 Å². The highest BCUT2D eigenvalue weighted by Gasteiger charge is 2.07. The quantitative estimate of drug-likeness (QED) is 0.719. The summed E-state index contributed by atoms with van der Waals surface area (Å²) in [4.78, 5) is 12.2. The third kappa shape index (κ3) is 4.20. The van der Waals surface area contributed by atoms with Crippen molar-refractivity contribution in [3.63, 3.8) is 0 Å². The van der Waals surface area contributed by atoms with Gasteiger partial charge in [0, 0.05) is 16.5 Å². The minimum atomic E-state index is 0.120. The number of carbonyl (C=O) groups excluding carboxylic acids is 1. The Morgan fingerprint density at radius 2 is 1.70 bits per heavy atom. The Hall–Kier alpha value is -1.61. The molecule has 0 fully saturated rings. The lowest BCUT2D eigenvalue weighted by Gasteiger charge is -2.06. The molecule has 2 nitrogen and oxygen atoms in total. The number of Topliss-reactive ketones (excluding diaryl/α,β-unsaturated/α-hetero) is 1. The van der Waals surface area contributed by atoms with Crippen molar-refractivity contribution in [3.8, 4) is 5.75 Å². The molecule has 104 valence electrons. The lowest BCUT2D eigenvalue weighted by molar-refractivity contribution is 0.0993. The monoisotopic (exact) mass is 332 g/mol. The SMILES string of the molecule is CCCOc1ccc(C(=O)Cc2ccc(Br)cc2)cc1. The standard InChI is InChI=1S/C17H17BrO2/c1-2-11-20-16-9-5-14(6-10-16)17(19)12-13-3-7-15(18)8-4-13/h3-10H,2,11-12H2,1H3. The van der Waals surface area contributed by atoms with Crippen LogP contribution in [-0.2, 0) is 6.42 Å². The Labute approximate surface area is 127 Å². The van der Waals surface area contributed by atoms with Crippen LogP contribution >= 0.6 is 15.9 Å². The van der Waals surface area contributed by atoms with Crippen molar-refractivity contribution < 1.29 is 9.53 Å². The molecule has 0 amide bonds. The van der Waals surface area contributed by atoms with Crippen LogP contribution in [0.25, 0.3) is 0 Å². The van der Waals surface area contributed by atoms with Gasteiger partial charge in [0.25, 0.3) is 0 Å². The molecule has 0 heterocycles. The average Bonchev–Trinajstić information content (AvgIpc) is 2.48. The highest BCUT2D eigenvalue weighted by atomic mass is 79.9. The Balaban J connectivity index is 2.00. The molecule has 0 saturated carbocycles. The minimum Gasteiger partial charge on any atom is -0.494 e. The molecule has 0 saturated heterocycles. The summed E-state index contributed by atoms with van der Waals surface area (Å²) in [6.07, 6.45) is 1.40. The Kier molecular flexibility index (Phi) is 5.36. The molecule has 0 N–H and O–H groups in total. The van der Waals surface area contributed by atoms with Gasteiger partial charge in [-0.2, -0.15) is 0 Å². The number of ketones is 1. The number of halogens is 1. The van der Waals surface area contributed by atoms with Gasteiger partial charge in [0.1, 0.15) is 5.75 Å². The molecule has 2 rings (SSSR count). The number of ether oxygens (including phenoxy) is 1. The van der Waals surface area contributed by atoms with Gasteiger partial charge < -0.3 is 4.74 Å². The molecular formula is C17H17BrO2. The summed E-state index contributed by atoms with van der Waals surface area (Å²) < 4.78 is 6.52. The zero-order valence-corrected chi connectivity index (χ0v) is 13.0. The smallest absolute Gasteiger partial charge is 0.167 e. The molecule has 0 aromatic heterocycles. The second-order valence-electron chi connectivity index (χ2n) is 4.60. The van der Waals surface area contributed by atoms with E-state index in [1.165, 1.54) is 0 Å². The summed E-state index contributed by atoms with van der Waals surface area (Å²) in [5, 5.41) is 0. The normalized spacial score (nSPS) is 10.3. The van der Waals surface area contributed by atoms with Gasteiger partial charge in [0.15, 0.2) is 5.78 Å². The molecule has 0 unspecified atom stereocenters. The molecule has 0 aliphatic heterocycles. The Morgan fingerprint density at radius 3 is 2.30 bits per heavy atom. The first-order valence-corrected chi connectivity index (χ1v) is 7.49. The lowest BCUT2D eigenvalue weighted by atomic mass is 10.0. The highest BCUT2D eigenvalue weighted by Crippen LogP contribution is 2.16. The summed E-state index contributed by atoms with van der Waals surface area (Å²) >= 11 is 3.39. The van der Waals surface area contributed by atoms with Crippen molar-refractivity contribution in [1.29, 1.82) is 0 Å². The van der Waals surface area contributed by atoms with Gasteiger partial charge in [-0.15, -0.1) is 0 Å². The predicted molar refractivity (Wildman–Crippen MR) is 84.4 cm³/mol.